The molecule has 1 aliphatic heterocycles. The van der Waals surface area contributed by atoms with Crippen LogP contribution in [0.25, 0.3) is 0 Å². The van der Waals surface area contributed by atoms with E-state index in [0.29, 0.717) is 10.6 Å². The van der Waals surface area contributed by atoms with Crippen molar-refractivity contribution < 1.29 is 22.8 Å². The number of hydrogen-bond donors (Lipinski definition) is 1. The minimum absolute atomic E-state index is 0.0232. The molecular formula is C22H24ClN3O5S. The highest BCUT2D eigenvalue weighted by Crippen LogP contribution is 2.30. The lowest BCUT2D eigenvalue weighted by Gasteiger charge is -2.29. The van der Waals surface area contributed by atoms with Gasteiger partial charge in [0, 0.05) is 31.6 Å². The van der Waals surface area contributed by atoms with Gasteiger partial charge in [0.25, 0.3) is 15.9 Å². The minimum atomic E-state index is -3.92. The van der Waals surface area contributed by atoms with E-state index in [2.05, 4.69) is 5.32 Å². The Morgan fingerprint density at radius 2 is 1.78 bits per heavy atom. The molecule has 32 heavy (non-hydrogen) atoms. The molecule has 0 aromatic heterocycles. The van der Waals surface area contributed by atoms with Gasteiger partial charge in [-0.1, -0.05) is 41.9 Å². The van der Waals surface area contributed by atoms with Crippen molar-refractivity contribution in [2.24, 2.45) is 0 Å². The van der Waals surface area contributed by atoms with Gasteiger partial charge in [-0.15, -0.1) is 0 Å². The molecule has 2 aromatic carbocycles. The van der Waals surface area contributed by atoms with Gasteiger partial charge in [0.05, 0.1) is 5.56 Å². The number of fused-ring (bicyclic) bond motifs is 1. The van der Waals surface area contributed by atoms with E-state index in [1.165, 1.54) is 24.1 Å². The molecule has 8 nitrogen and oxygen atoms in total. The molecule has 1 heterocycles. The molecule has 1 aliphatic rings. The molecule has 170 valence electrons. The molecule has 0 fully saturated rings. The molecule has 1 N–H and O–H groups in total. The van der Waals surface area contributed by atoms with Gasteiger partial charge in [-0.3, -0.25) is 14.4 Å². The summed E-state index contributed by atoms with van der Waals surface area (Å²) < 4.78 is 26.1. The third-order valence-electron chi connectivity index (χ3n) is 5.38. The van der Waals surface area contributed by atoms with Gasteiger partial charge in [0.1, 0.15) is 10.9 Å². The number of hydrogen-bond acceptors (Lipinski definition) is 5. The molecular weight excluding hydrogens is 454 g/mol. The van der Waals surface area contributed by atoms with E-state index < -0.39 is 22.0 Å². The van der Waals surface area contributed by atoms with Crippen LogP contribution in [0.5, 0.6) is 0 Å². The van der Waals surface area contributed by atoms with Crippen LogP contribution in [0.4, 0.5) is 0 Å². The van der Waals surface area contributed by atoms with Crippen LogP contribution in [-0.4, -0.2) is 55.0 Å². The van der Waals surface area contributed by atoms with Gasteiger partial charge in [-0.05, 0) is 37.1 Å². The first-order valence-corrected chi connectivity index (χ1v) is 11.9. The summed E-state index contributed by atoms with van der Waals surface area (Å²) in [5, 5.41) is 3.00. The number of carbonyl (C=O) groups excluding carboxylic acids is 3. The minimum Gasteiger partial charge on any atom is -0.357 e. The van der Waals surface area contributed by atoms with Gasteiger partial charge >= 0.3 is 0 Å². The number of carbonyl (C=O) groups is 3. The molecule has 0 saturated heterocycles. The van der Waals surface area contributed by atoms with Gasteiger partial charge in [-0.25, -0.2) is 12.7 Å². The van der Waals surface area contributed by atoms with Crippen molar-refractivity contribution in [1.29, 1.82) is 0 Å². The normalized spacial score (nSPS) is 15.2. The van der Waals surface area contributed by atoms with Crippen molar-refractivity contribution in [3.8, 4) is 0 Å². The summed E-state index contributed by atoms with van der Waals surface area (Å²) in [6, 6.07) is 12.3. The number of halogens is 1. The number of rotatable bonds is 8. The molecule has 10 heteroatoms. The standard InChI is InChI=1S/C22H24ClN3O5S/c1-15(21(28)24-2)25(14-16-8-3-5-10-18(16)23)20(27)12-7-13-26-22(29)17-9-4-6-11-19(17)32(26,30)31/h3-6,8-11,15H,7,12-14H2,1-2H3,(H,24,28)/t15-/m0/s1. The zero-order chi connectivity index (χ0) is 23.5. The summed E-state index contributed by atoms with van der Waals surface area (Å²) in [5.41, 5.74) is 0.818. The molecule has 0 bridgehead atoms. The lowest BCUT2D eigenvalue weighted by molar-refractivity contribution is -0.140. The first-order chi connectivity index (χ1) is 15.2. The van der Waals surface area contributed by atoms with E-state index in [1.54, 1.807) is 43.3 Å². The Bertz CT molecular complexity index is 1150. The Kier molecular flexibility index (Phi) is 7.20. The van der Waals surface area contributed by atoms with Crippen LogP contribution in [-0.2, 0) is 26.2 Å². The Hall–Kier alpha value is -2.91. The molecule has 3 rings (SSSR count). The summed E-state index contributed by atoms with van der Waals surface area (Å²) in [6.45, 7) is 1.61. The Morgan fingerprint density at radius 1 is 1.12 bits per heavy atom. The molecule has 0 aliphatic carbocycles. The van der Waals surface area contributed by atoms with Crippen molar-refractivity contribution in [1.82, 2.24) is 14.5 Å². The molecule has 1 atom stereocenters. The van der Waals surface area contributed by atoms with E-state index in [1.807, 2.05) is 0 Å². The highest BCUT2D eigenvalue weighted by molar-refractivity contribution is 7.90. The fourth-order valence-electron chi connectivity index (χ4n) is 3.57. The summed E-state index contributed by atoms with van der Waals surface area (Å²) in [6.07, 6.45) is 0.0821. The average molecular weight is 478 g/mol. The van der Waals surface area contributed by atoms with Crippen molar-refractivity contribution in [3.05, 3.63) is 64.7 Å². The fraction of sp³-hybridized carbons (Fsp3) is 0.318. The summed E-state index contributed by atoms with van der Waals surface area (Å²) in [5.74, 6) is -1.28. The van der Waals surface area contributed by atoms with Gasteiger partial charge in [0.2, 0.25) is 11.8 Å². The maximum absolute atomic E-state index is 13.0. The molecule has 0 unspecified atom stereocenters. The number of benzene rings is 2. The number of amides is 3. The van der Waals surface area contributed by atoms with E-state index in [9.17, 15) is 22.8 Å². The Morgan fingerprint density at radius 3 is 2.44 bits per heavy atom. The SMILES string of the molecule is CNC(=O)[C@H](C)N(Cc1ccccc1Cl)C(=O)CCCN1C(=O)c2ccccc2S1(=O)=O. The predicted octanol–water partition coefficient (Wildman–Crippen LogP) is 2.43. The monoisotopic (exact) mass is 477 g/mol. The van der Waals surface area contributed by atoms with Crippen molar-refractivity contribution in [2.45, 2.75) is 37.2 Å². The molecule has 2 aromatic rings. The van der Waals surface area contributed by atoms with E-state index in [-0.39, 0.29) is 48.2 Å². The second kappa shape index (κ2) is 9.70. The summed E-state index contributed by atoms with van der Waals surface area (Å²) in [4.78, 5) is 39.1. The number of nitrogens with zero attached hydrogens (tertiary/aromatic N) is 2. The summed E-state index contributed by atoms with van der Waals surface area (Å²) >= 11 is 6.22. The zero-order valence-electron chi connectivity index (χ0n) is 17.7. The average Bonchev–Trinajstić information content (AvgIpc) is 2.98. The molecule has 0 saturated carbocycles. The van der Waals surface area contributed by atoms with E-state index in [4.69, 9.17) is 11.6 Å². The van der Waals surface area contributed by atoms with Crippen LogP contribution >= 0.6 is 11.6 Å². The quantitative estimate of drug-likeness (QED) is 0.628. The van der Waals surface area contributed by atoms with Crippen LogP contribution in [0.15, 0.2) is 53.4 Å². The van der Waals surface area contributed by atoms with Crippen LogP contribution < -0.4 is 5.32 Å². The fourth-order valence-corrected chi connectivity index (χ4v) is 5.37. The van der Waals surface area contributed by atoms with E-state index in [0.717, 1.165) is 4.31 Å². The van der Waals surface area contributed by atoms with Crippen LogP contribution in [0, 0.1) is 0 Å². The predicted molar refractivity (Wildman–Crippen MR) is 119 cm³/mol. The Labute approximate surface area is 192 Å². The summed E-state index contributed by atoms with van der Waals surface area (Å²) in [7, 11) is -2.44. The first-order valence-electron chi connectivity index (χ1n) is 10.1. The molecule has 0 radical (unpaired) electrons. The number of sulfonamides is 1. The number of likely N-dealkylation sites (N-methyl/N-ethyl adjacent to an activating group) is 1. The molecule has 3 amide bonds. The van der Waals surface area contributed by atoms with Crippen LogP contribution in [0.1, 0.15) is 35.7 Å². The zero-order valence-corrected chi connectivity index (χ0v) is 19.3. The van der Waals surface area contributed by atoms with Crippen LogP contribution in [0.2, 0.25) is 5.02 Å². The largest absolute Gasteiger partial charge is 0.357 e. The highest BCUT2D eigenvalue weighted by Gasteiger charge is 2.40. The highest BCUT2D eigenvalue weighted by atomic mass is 35.5. The smallest absolute Gasteiger partial charge is 0.269 e. The van der Waals surface area contributed by atoms with Crippen molar-refractivity contribution in [3.63, 3.8) is 0 Å². The van der Waals surface area contributed by atoms with Gasteiger partial charge < -0.3 is 10.2 Å². The third-order valence-corrected chi connectivity index (χ3v) is 7.59. The second-order valence-corrected chi connectivity index (χ2v) is 9.62. The third kappa shape index (κ3) is 4.63. The topological polar surface area (TPSA) is 104 Å². The van der Waals surface area contributed by atoms with Crippen molar-refractivity contribution >= 4 is 39.3 Å². The second-order valence-electron chi connectivity index (χ2n) is 7.39. The first kappa shape index (κ1) is 23.7. The van der Waals surface area contributed by atoms with Crippen molar-refractivity contribution in [2.75, 3.05) is 13.6 Å². The van der Waals surface area contributed by atoms with Crippen LogP contribution in [0.3, 0.4) is 0 Å². The molecule has 0 spiro atoms. The maximum Gasteiger partial charge on any atom is 0.269 e. The van der Waals surface area contributed by atoms with Gasteiger partial charge in [0.15, 0.2) is 0 Å². The van der Waals surface area contributed by atoms with E-state index >= 15 is 0 Å². The lowest BCUT2D eigenvalue weighted by Crippen LogP contribution is -2.46. The lowest BCUT2D eigenvalue weighted by atomic mass is 10.1. The Balaban J connectivity index is 1.71. The van der Waals surface area contributed by atoms with Gasteiger partial charge in [-0.2, -0.15) is 0 Å². The number of nitrogens with one attached hydrogen (secondary N) is 1. The maximum atomic E-state index is 13.0.